The third-order valence-corrected chi connectivity index (χ3v) is 9.35. The molecule has 18 heteroatoms. The summed E-state index contributed by atoms with van der Waals surface area (Å²) in [5.41, 5.74) is -1.13. The van der Waals surface area contributed by atoms with Crippen LogP contribution < -0.4 is 0 Å². The molecule has 0 aliphatic carbocycles. The molecule has 0 aromatic carbocycles. The highest BCUT2D eigenvalue weighted by atomic mass is 32.2. The zero-order valence-corrected chi connectivity index (χ0v) is 28.2. The van der Waals surface area contributed by atoms with Crippen LogP contribution in [0.3, 0.4) is 0 Å². The molecular formula is C26H30N6O7S5. The van der Waals surface area contributed by atoms with Crippen LogP contribution in [0.15, 0.2) is 55.4 Å². The summed E-state index contributed by atoms with van der Waals surface area (Å²) in [6.45, 7) is 5.68. The molecule has 0 spiro atoms. The van der Waals surface area contributed by atoms with Crippen LogP contribution in [-0.2, 0) is 28.6 Å². The van der Waals surface area contributed by atoms with E-state index in [-0.39, 0.29) is 19.8 Å². The van der Waals surface area contributed by atoms with Gasteiger partial charge in [-0.15, -0.1) is 0 Å². The number of carbonyl (C=O) groups is 4. The van der Waals surface area contributed by atoms with E-state index in [0.717, 1.165) is 40.0 Å². The molecule has 0 bridgehead atoms. The summed E-state index contributed by atoms with van der Waals surface area (Å²) in [5, 5.41) is 9.29. The first-order valence-electron chi connectivity index (χ1n) is 13.0. The minimum absolute atomic E-state index is 0.243. The third-order valence-electron chi connectivity index (χ3n) is 5.59. The lowest BCUT2D eigenvalue weighted by atomic mass is 9.94. The average molecular weight is 699 g/mol. The van der Waals surface area contributed by atoms with Gasteiger partial charge < -0.3 is 14.2 Å². The normalized spacial score (nSPS) is 14.5. The van der Waals surface area contributed by atoms with Crippen molar-refractivity contribution < 1.29 is 33.4 Å². The van der Waals surface area contributed by atoms with Gasteiger partial charge in [-0.3, -0.25) is 19.2 Å². The van der Waals surface area contributed by atoms with Crippen LogP contribution >= 0.6 is 59.7 Å². The van der Waals surface area contributed by atoms with Crippen LogP contribution in [0.25, 0.3) is 0 Å². The molecule has 44 heavy (non-hydrogen) atoms. The molecular weight excluding hydrogens is 669 g/mol. The first kappa shape index (κ1) is 35.4. The van der Waals surface area contributed by atoms with Crippen molar-refractivity contribution in [3.8, 4) is 0 Å². The molecule has 0 N–H and O–H groups in total. The van der Waals surface area contributed by atoms with Crippen molar-refractivity contribution in [1.29, 1.82) is 0 Å². The van der Waals surface area contributed by atoms with E-state index in [4.69, 9.17) is 38.6 Å². The fourth-order valence-corrected chi connectivity index (χ4v) is 6.23. The van der Waals surface area contributed by atoms with E-state index in [1.165, 1.54) is 28.7 Å². The summed E-state index contributed by atoms with van der Waals surface area (Å²) < 4.78 is 21.4. The second kappa shape index (κ2) is 16.9. The number of hydrogen-bond acceptors (Lipinski definition) is 15. The molecule has 0 radical (unpaired) electrons. The highest BCUT2D eigenvalue weighted by Gasteiger charge is 2.34. The smallest absolute Gasteiger partial charge is 0.319 e. The van der Waals surface area contributed by atoms with Gasteiger partial charge in [0.15, 0.2) is 8.64 Å². The topological polar surface area (TPSA) is 149 Å². The van der Waals surface area contributed by atoms with Gasteiger partial charge in [-0.25, -0.2) is 9.36 Å². The number of nitrogens with zero attached hydrogens (tertiary/aromatic N) is 6. The van der Waals surface area contributed by atoms with Crippen LogP contribution in [-0.4, -0.2) is 96.7 Å². The van der Waals surface area contributed by atoms with Gasteiger partial charge in [0.2, 0.25) is 0 Å². The predicted octanol–water partition coefficient (Wildman–Crippen LogP) is 3.91. The number of thiocarbonyl (C=S) groups is 2. The Kier molecular flexibility index (Phi) is 13.6. The first-order chi connectivity index (χ1) is 20.9. The Bertz CT molecular complexity index is 1260. The molecule has 3 aromatic heterocycles. The number of carbonyl (C=O) groups excluding carboxylic acids is 4. The van der Waals surface area contributed by atoms with Gasteiger partial charge in [0.25, 0.3) is 0 Å². The lowest BCUT2D eigenvalue weighted by molar-refractivity contribution is -0.159. The van der Waals surface area contributed by atoms with Gasteiger partial charge in [-0.2, -0.15) is 20.0 Å². The fourth-order valence-electron chi connectivity index (χ4n) is 3.10. The van der Waals surface area contributed by atoms with E-state index in [0.29, 0.717) is 8.64 Å². The zero-order chi connectivity index (χ0) is 32.3. The maximum absolute atomic E-state index is 12.8. The minimum atomic E-state index is -1.13. The summed E-state index contributed by atoms with van der Waals surface area (Å²) in [4.78, 5) is 50.7. The molecule has 0 aliphatic heterocycles. The van der Waals surface area contributed by atoms with E-state index >= 15 is 0 Å². The van der Waals surface area contributed by atoms with Gasteiger partial charge in [0.1, 0.15) is 35.6 Å². The summed E-state index contributed by atoms with van der Waals surface area (Å²) in [6.07, 6.45) is 9.38. The molecule has 13 nitrogen and oxygen atoms in total. The Labute approximate surface area is 277 Å². The van der Waals surface area contributed by atoms with Crippen LogP contribution in [0, 0.1) is 5.41 Å². The van der Waals surface area contributed by atoms with Crippen LogP contribution in [0.4, 0.5) is 4.79 Å². The molecule has 3 aromatic rings. The van der Waals surface area contributed by atoms with Gasteiger partial charge in [-0.1, -0.05) is 48.0 Å². The van der Waals surface area contributed by atoms with Gasteiger partial charge in [0.05, 0.1) is 5.41 Å². The SMILES string of the molecule is CC(SC(=O)n1cccn1)C(=O)OCC(C)(COC(=O)C(C)SC(=S)n1cccn1)COC(=O)C(C)SC(=S)n1cccn1. The Morgan fingerprint density at radius 3 is 1.34 bits per heavy atom. The molecule has 3 atom stereocenters. The summed E-state index contributed by atoms with van der Waals surface area (Å²) in [7, 11) is 0. The number of esters is 3. The van der Waals surface area contributed by atoms with Crippen LogP contribution in [0.5, 0.6) is 0 Å². The standard InChI is InChI=1S/C26H30N6O7S5/c1-17(42-23(36)30-11-5-8-27-30)20(33)37-14-26(4,15-38-21(34)18(2)43-24(40)31-12-6-9-28-31)16-39-22(35)19(3)44-25(41)32-13-7-10-29-32/h5-13,17-19H,14-16H2,1-4H3. The molecule has 0 amide bonds. The fraction of sp³-hybridized carbons (Fsp3) is 0.423. The molecule has 0 saturated carbocycles. The minimum Gasteiger partial charge on any atom is -0.464 e. The number of aromatic nitrogens is 6. The molecule has 236 valence electrons. The lowest BCUT2D eigenvalue weighted by Crippen LogP contribution is -2.39. The van der Waals surface area contributed by atoms with E-state index in [9.17, 15) is 19.2 Å². The van der Waals surface area contributed by atoms with Crippen molar-refractivity contribution >= 4 is 91.5 Å². The van der Waals surface area contributed by atoms with Crippen LogP contribution in [0.2, 0.25) is 0 Å². The van der Waals surface area contributed by atoms with Crippen molar-refractivity contribution in [3.05, 3.63) is 55.4 Å². The van der Waals surface area contributed by atoms with E-state index in [1.54, 1.807) is 63.8 Å². The second-order valence-electron chi connectivity index (χ2n) is 9.56. The number of hydrogen-bond donors (Lipinski definition) is 0. The summed E-state index contributed by atoms with van der Waals surface area (Å²) in [6, 6.07) is 5.01. The Hall–Kier alpha value is -3.06. The van der Waals surface area contributed by atoms with Gasteiger partial charge in [-0.05, 0) is 57.7 Å². The maximum atomic E-state index is 12.8. The second-order valence-corrected chi connectivity index (χ2v) is 14.8. The third kappa shape index (κ3) is 10.8. The molecule has 0 aliphatic rings. The molecule has 3 unspecified atom stereocenters. The molecule has 0 saturated heterocycles. The number of thioether (sulfide) groups is 3. The molecule has 3 heterocycles. The number of rotatable bonds is 12. The highest BCUT2D eigenvalue weighted by Crippen LogP contribution is 2.24. The first-order valence-corrected chi connectivity index (χ1v) is 16.5. The molecule has 0 fully saturated rings. The van der Waals surface area contributed by atoms with Gasteiger partial charge in [0, 0.05) is 37.2 Å². The monoisotopic (exact) mass is 698 g/mol. The maximum Gasteiger partial charge on any atom is 0.319 e. The summed E-state index contributed by atoms with van der Waals surface area (Å²) >= 11 is 13.6. The van der Waals surface area contributed by atoms with E-state index < -0.39 is 44.3 Å². The number of ether oxygens (including phenoxy) is 3. The van der Waals surface area contributed by atoms with E-state index in [2.05, 4.69) is 15.3 Å². The highest BCUT2D eigenvalue weighted by molar-refractivity contribution is 8.24. The lowest BCUT2D eigenvalue weighted by Gasteiger charge is -2.29. The van der Waals surface area contributed by atoms with Crippen molar-refractivity contribution in [1.82, 2.24) is 29.3 Å². The van der Waals surface area contributed by atoms with Gasteiger partial charge >= 0.3 is 23.1 Å². The quantitative estimate of drug-likeness (QED) is 0.153. The van der Waals surface area contributed by atoms with Crippen molar-refractivity contribution in [3.63, 3.8) is 0 Å². The zero-order valence-electron chi connectivity index (χ0n) is 24.1. The van der Waals surface area contributed by atoms with Crippen molar-refractivity contribution in [2.24, 2.45) is 5.41 Å². The van der Waals surface area contributed by atoms with Crippen molar-refractivity contribution in [2.45, 2.75) is 43.4 Å². The van der Waals surface area contributed by atoms with Crippen molar-refractivity contribution in [2.75, 3.05) is 19.8 Å². The Balaban J connectivity index is 1.60. The largest absolute Gasteiger partial charge is 0.464 e. The Morgan fingerprint density at radius 1 is 0.659 bits per heavy atom. The molecule has 3 rings (SSSR count). The Morgan fingerprint density at radius 2 is 1.00 bits per heavy atom. The van der Waals surface area contributed by atoms with E-state index in [1.807, 2.05) is 0 Å². The predicted molar refractivity (Wildman–Crippen MR) is 176 cm³/mol. The average Bonchev–Trinajstić information content (AvgIpc) is 3.81. The van der Waals surface area contributed by atoms with Crippen LogP contribution in [0.1, 0.15) is 27.7 Å². The summed E-state index contributed by atoms with van der Waals surface area (Å²) in [5.74, 6) is -1.83.